The maximum atomic E-state index is 10.8. The summed E-state index contributed by atoms with van der Waals surface area (Å²) >= 11 is 0. The van der Waals surface area contributed by atoms with Crippen LogP contribution < -0.4 is 5.56 Å². The van der Waals surface area contributed by atoms with E-state index >= 15 is 0 Å². The Morgan fingerprint density at radius 1 is 1.60 bits per heavy atom. The molecule has 0 aliphatic rings. The zero-order valence-corrected chi connectivity index (χ0v) is 5.50. The van der Waals surface area contributed by atoms with E-state index in [4.69, 9.17) is 5.11 Å². The van der Waals surface area contributed by atoms with E-state index in [1.165, 1.54) is 0 Å². The first-order chi connectivity index (χ1) is 4.84. The number of aliphatic hydroxyl groups is 1. The Morgan fingerprint density at radius 3 is 3.00 bits per heavy atom. The summed E-state index contributed by atoms with van der Waals surface area (Å²) in [6.07, 6.45) is 2.00. The van der Waals surface area contributed by atoms with Crippen LogP contribution in [0, 0.1) is 0 Å². The first kappa shape index (κ1) is 7.02. The number of nitrogens with one attached hydrogen (secondary N) is 1. The average Bonchev–Trinajstić information content (AvgIpc) is 1.94. The predicted octanol–water partition coefficient (Wildman–Crippen LogP) is -0.0903. The minimum atomic E-state index is -0.114. The maximum absolute atomic E-state index is 10.8. The van der Waals surface area contributed by atoms with Crippen molar-refractivity contribution in [3.63, 3.8) is 0 Å². The number of aromatic nitrogens is 1. The van der Waals surface area contributed by atoms with Crippen molar-refractivity contribution in [3.8, 4) is 0 Å². The maximum Gasteiger partial charge on any atom is 0.251 e. The second kappa shape index (κ2) is 3.17. The van der Waals surface area contributed by atoms with Crippen LogP contribution in [0.1, 0.15) is 5.56 Å². The third-order valence-electron chi connectivity index (χ3n) is 1.28. The molecule has 0 aliphatic heterocycles. The lowest BCUT2D eigenvalue weighted by Crippen LogP contribution is -2.11. The fourth-order valence-electron chi connectivity index (χ4n) is 0.774. The number of pyridine rings is 1. The molecule has 0 aromatic carbocycles. The number of hydrogen-bond donors (Lipinski definition) is 2. The highest BCUT2D eigenvalue weighted by Gasteiger charge is 1.94. The van der Waals surface area contributed by atoms with E-state index in [2.05, 4.69) is 4.98 Å². The van der Waals surface area contributed by atoms with Crippen molar-refractivity contribution in [2.24, 2.45) is 0 Å². The molecule has 0 bridgehead atoms. The molecule has 3 nitrogen and oxygen atoms in total. The Bertz CT molecular complexity index is 254. The van der Waals surface area contributed by atoms with Crippen LogP contribution in [0.5, 0.6) is 0 Å². The lowest BCUT2D eigenvalue weighted by atomic mass is 10.2. The van der Waals surface area contributed by atoms with Gasteiger partial charge in [0.1, 0.15) is 0 Å². The molecule has 0 atom stereocenters. The molecule has 1 rings (SSSR count). The highest BCUT2D eigenvalue weighted by molar-refractivity contribution is 5.08. The highest BCUT2D eigenvalue weighted by atomic mass is 16.3. The van der Waals surface area contributed by atoms with Crippen molar-refractivity contribution >= 4 is 0 Å². The normalized spacial score (nSPS) is 9.70. The number of rotatable bonds is 2. The van der Waals surface area contributed by atoms with Gasteiger partial charge in [-0.15, -0.1) is 0 Å². The van der Waals surface area contributed by atoms with Gasteiger partial charge in [-0.05, 0) is 6.07 Å². The topological polar surface area (TPSA) is 53.1 Å². The van der Waals surface area contributed by atoms with Crippen molar-refractivity contribution in [3.05, 3.63) is 34.2 Å². The zero-order chi connectivity index (χ0) is 7.40. The third-order valence-corrected chi connectivity index (χ3v) is 1.28. The van der Waals surface area contributed by atoms with Crippen LogP contribution in [-0.4, -0.2) is 16.7 Å². The molecule has 0 fully saturated rings. The number of hydrogen-bond acceptors (Lipinski definition) is 2. The molecule has 1 heterocycles. The lowest BCUT2D eigenvalue weighted by molar-refractivity contribution is 0.299. The summed E-state index contributed by atoms with van der Waals surface area (Å²) in [5, 5.41) is 8.49. The molecular formula is C7H9NO2. The van der Waals surface area contributed by atoms with Crippen LogP contribution >= 0.6 is 0 Å². The minimum Gasteiger partial charge on any atom is -0.396 e. The molecule has 3 heteroatoms. The number of aromatic amines is 1. The molecule has 1 aromatic rings. The van der Waals surface area contributed by atoms with Gasteiger partial charge >= 0.3 is 0 Å². The van der Waals surface area contributed by atoms with Gasteiger partial charge in [-0.1, -0.05) is 6.07 Å². The Kier molecular flexibility index (Phi) is 2.23. The Morgan fingerprint density at radius 2 is 2.40 bits per heavy atom. The van der Waals surface area contributed by atoms with E-state index in [0.29, 0.717) is 12.0 Å². The van der Waals surface area contributed by atoms with Crippen molar-refractivity contribution in [1.29, 1.82) is 0 Å². The fraction of sp³-hybridized carbons (Fsp3) is 0.286. The number of aliphatic hydroxyl groups excluding tert-OH is 1. The van der Waals surface area contributed by atoms with Crippen molar-refractivity contribution in [2.45, 2.75) is 6.42 Å². The van der Waals surface area contributed by atoms with E-state index in [1.54, 1.807) is 18.3 Å². The van der Waals surface area contributed by atoms with Crippen molar-refractivity contribution in [1.82, 2.24) is 4.98 Å². The van der Waals surface area contributed by atoms with Gasteiger partial charge in [0.2, 0.25) is 0 Å². The Hall–Kier alpha value is -1.09. The first-order valence-electron chi connectivity index (χ1n) is 3.12. The van der Waals surface area contributed by atoms with Crippen LogP contribution in [0.25, 0.3) is 0 Å². The molecule has 0 spiro atoms. The summed E-state index contributed by atoms with van der Waals surface area (Å²) in [5.41, 5.74) is 0.515. The van der Waals surface area contributed by atoms with Gasteiger partial charge in [0.15, 0.2) is 0 Å². The third kappa shape index (κ3) is 1.45. The largest absolute Gasteiger partial charge is 0.396 e. The van der Waals surface area contributed by atoms with E-state index in [9.17, 15) is 4.79 Å². The Balaban J connectivity index is 2.92. The van der Waals surface area contributed by atoms with Crippen LogP contribution in [0.15, 0.2) is 23.1 Å². The molecule has 10 heavy (non-hydrogen) atoms. The summed E-state index contributed by atoms with van der Waals surface area (Å²) in [5.74, 6) is 0. The summed E-state index contributed by atoms with van der Waals surface area (Å²) in [4.78, 5) is 13.4. The molecule has 0 radical (unpaired) electrons. The van der Waals surface area contributed by atoms with Gasteiger partial charge in [0.25, 0.3) is 5.56 Å². The van der Waals surface area contributed by atoms with E-state index in [-0.39, 0.29) is 12.2 Å². The molecule has 0 saturated carbocycles. The predicted molar refractivity (Wildman–Crippen MR) is 37.9 cm³/mol. The standard InChI is InChI=1S/C7H9NO2/c9-5-3-6-2-1-4-8-7(6)10/h1-2,4,9H,3,5H2,(H,8,10). The van der Waals surface area contributed by atoms with Crippen molar-refractivity contribution < 1.29 is 5.11 Å². The summed E-state index contributed by atoms with van der Waals surface area (Å²) < 4.78 is 0. The summed E-state index contributed by atoms with van der Waals surface area (Å²) in [6, 6.07) is 3.45. The average molecular weight is 139 g/mol. The molecule has 1 aromatic heterocycles. The quantitative estimate of drug-likeness (QED) is 0.601. The van der Waals surface area contributed by atoms with E-state index < -0.39 is 0 Å². The lowest BCUT2D eigenvalue weighted by Gasteiger charge is -1.92. The molecule has 0 amide bonds. The van der Waals surface area contributed by atoms with Crippen molar-refractivity contribution in [2.75, 3.05) is 6.61 Å². The smallest absolute Gasteiger partial charge is 0.251 e. The van der Waals surface area contributed by atoms with Gasteiger partial charge in [0.05, 0.1) is 0 Å². The first-order valence-corrected chi connectivity index (χ1v) is 3.12. The Labute approximate surface area is 58.3 Å². The van der Waals surface area contributed by atoms with Gasteiger partial charge < -0.3 is 10.1 Å². The molecular weight excluding hydrogens is 130 g/mol. The molecule has 54 valence electrons. The summed E-state index contributed by atoms with van der Waals surface area (Å²) in [7, 11) is 0. The van der Waals surface area contributed by atoms with Gasteiger partial charge in [-0.25, -0.2) is 0 Å². The van der Waals surface area contributed by atoms with Crippen LogP contribution in [0.3, 0.4) is 0 Å². The minimum absolute atomic E-state index is 0.0209. The zero-order valence-electron chi connectivity index (χ0n) is 5.50. The molecule has 2 N–H and O–H groups in total. The second-order valence-corrected chi connectivity index (χ2v) is 2.00. The van der Waals surface area contributed by atoms with Gasteiger partial charge in [-0.2, -0.15) is 0 Å². The number of H-pyrrole nitrogens is 1. The summed E-state index contributed by atoms with van der Waals surface area (Å²) in [6.45, 7) is 0.0209. The van der Waals surface area contributed by atoms with Gasteiger partial charge in [-0.3, -0.25) is 4.79 Å². The highest BCUT2D eigenvalue weighted by Crippen LogP contribution is 1.88. The molecule has 0 aliphatic carbocycles. The SMILES string of the molecule is O=c1[nH]cccc1CCO. The monoisotopic (exact) mass is 139 g/mol. The molecule has 0 unspecified atom stereocenters. The van der Waals surface area contributed by atoms with Crippen LogP contribution in [-0.2, 0) is 6.42 Å². The van der Waals surface area contributed by atoms with Gasteiger partial charge in [0, 0.05) is 24.8 Å². The second-order valence-electron chi connectivity index (χ2n) is 2.00. The van der Waals surface area contributed by atoms with Crippen LogP contribution in [0.2, 0.25) is 0 Å². The van der Waals surface area contributed by atoms with Crippen LogP contribution in [0.4, 0.5) is 0 Å². The van der Waals surface area contributed by atoms with E-state index in [1.807, 2.05) is 0 Å². The van der Waals surface area contributed by atoms with E-state index in [0.717, 1.165) is 0 Å². The molecule has 0 saturated heterocycles. The fourth-order valence-corrected chi connectivity index (χ4v) is 0.774.